The number of rotatable bonds is 4. The molecule has 0 saturated carbocycles. The van der Waals surface area contributed by atoms with Gasteiger partial charge in [-0.05, 0) is 58.4 Å². The largest absolute Gasteiger partial charge is 0.373 e. The van der Waals surface area contributed by atoms with Crippen LogP contribution in [0.4, 0.5) is 0 Å². The molecule has 1 fully saturated rings. The first-order chi connectivity index (χ1) is 8.76. The molecule has 0 aromatic carbocycles. The Morgan fingerprint density at radius 3 is 2.89 bits per heavy atom. The lowest BCUT2D eigenvalue weighted by molar-refractivity contribution is -0.0813. The van der Waals surface area contributed by atoms with E-state index in [1.165, 1.54) is 51.4 Å². The van der Waals surface area contributed by atoms with Gasteiger partial charge in [-0.25, -0.2) is 0 Å². The van der Waals surface area contributed by atoms with E-state index in [1.54, 1.807) is 5.57 Å². The summed E-state index contributed by atoms with van der Waals surface area (Å²) in [7, 11) is 0. The lowest BCUT2D eigenvalue weighted by Gasteiger charge is -2.42. The van der Waals surface area contributed by atoms with Crippen LogP contribution in [-0.2, 0) is 4.74 Å². The van der Waals surface area contributed by atoms with Gasteiger partial charge in [-0.2, -0.15) is 0 Å². The molecule has 0 radical (unpaired) electrons. The molecule has 1 saturated heterocycles. The minimum absolute atomic E-state index is 0.0183. The van der Waals surface area contributed by atoms with Gasteiger partial charge >= 0.3 is 0 Å². The summed E-state index contributed by atoms with van der Waals surface area (Å²) in [5.74, 6) is 0. The Bertz CT molecular complexity index is 279. The molecule has 2 aliphatic rings. The van der Waals surface area contributed by atoms with Gasteiger partial charge in [0, 0.05) is 6.61 Å². The van der Waals surface area contributed by atoms with Crippen molar-refractivity contribution in [3.8, 4) is 0 Å². The van der Waals surface area contributed by atoms with Gasteiger partial charge < -0.3 is 10.1 Å². The Morgan fingerprint density at radius 2 is 2.17 bits per heavy atom. The third-order valence-corrected chi connectivity index (χ3v) is 4.47. The number of hydrogen-bond donors (Lipinski definition) is 1. The highest BCUT2D eigenvalue weighted by Crippen LogP contribution is 2.34. The zero-order valence-corrected chi connectivity index (χ0v) is 12.1. The minimum atomic E-state index is 0.0183. The Kier molecular flexibility index (Phi) is 5.25. The summed E-state index contributed by atoms with van der Waals surface area (Å²) < 4.78 is 6.17. The highest BCUT2D eigenvalue weighted by molar-refractivity contribution is 5.18. The van der Waals surface area contributed by atoms with Crippen molar-refractivity contribution in [2.45, 2.75) is 76.9 Å². The lowest BCUT2D eigenvalue weighted by atomic mass is 9.82. The molecule has 18 heavy (non-hydrogen) atoms. The molecule has 0 spiro atoms. The number of hydrogen-bond acceptors (Lipinski definition) is 2. The van der Waals surface area contributed by atoms with E-state index in [-0.39, 0.29) is 5.60 Å². The molecule has 1 N–H and O–H groups in total. The van der Waals surface area contributed by atoms with Crippen molar-refractivity contribution >= 4 is 0 Å². The predicted molar refractivity (Wildman–Crippen MR) is 76.8 cm³/mol. The Balaban J connectivity index is 2.12. The zero-order chi connectivity index (χ0) is 12.8. The monoisotopic (exact) mass is 251 g/mol. The summed E-state index contributed by atoms with van der Waals surface area (Å²) in [5.41, 5.74) is 1.63. The lowest BCUT2D eigenvalue weighted by Crippen LogP contribution is -2.53. The Morgan fingerprint density at radius 1 is 1.28 bits per heavy atom. The van der Waals surface area contributed by atoms with Gasteiger partial charge in [0.15, 0.2) is 0 Å². The minimum Gasteiger partial charge on any atom is -0.373 e. The van der Waals surface area contributed by atoms with Crippen LogP contribution < -0.4 is 5.32 Å². The fraction of sp³-hybridized carbons (Fsp3) is 0.875. The smallest absolute Gasteiger partial charge is 0.0845 e. The van der Waals surface area contributed by atoms with E-state index in [0.29, 0.717) is 6.04 Å². The van der Waals surface area contributed by atoms with E-state index in [9.17, 15) is 0 Å². The molecule has 2 unspecified atom stereocenters. The molecule has 2 nitrogen and oxygen atoms in total. The topological polar surface area (TPSA) is 21.3 Å². The number of allylic oxidation sites excluding steroid dienone is 1. The summed E-state index contributed by atoms with van der Waals surface area (Å²) in [4.78, 5) is 0. The quantitative estimate of drug-likeness (QED) is 0.767. The highest BCUT2D eigenvalue weighted by Gasteiger charge is 2.38. The van der Waals surface area contributed by atoms with Gasteiger partial charge in [-0.15, -0.1) is 0 Å². The van der Waals surface area contributed by atoms with Gasteiger partial charge in [-0.3, -0.25) is 0 Å². The average molecular weight is 251 g/mol. The van der Waals surface area contributed by atoms with Crippen molar-refractivity contribution < 1.29 is 4.74 Å². The molecule has 0 amide bonds. The maximum Gasteiger partial charge on any atom is 0.0845 e. The van der Waals surface area contributed by atoms with Crippen LogP contribution in [0.25, 0.3) is 0 Å². The Hall–Kier alpha value is -0.340. The third-order valence-electron chi connectivity index (χ3n) is 4.47. The van der Waals surface area contributed by atoms with Crippen molar-refractivity contribution in [2.24, 2.45) is 0 Å². The van der Waals surface area contributed by atoms with E-state index < -0.39 is 0 Å². The van der Waals surface area contributed by atoms with E-state index in [2.05, 4.69) is 25.2 Å². The molecule has 0 aromatic heterocycles. The summed E-state index contributed by atoms with van der Waals surface area (Å²) in [5, 5.41) is 3.70. The van der Waals surface area contributed by atoms with E-state index in [4.69, 9.17) is 4.74 Å². The SMILES string of the molecule is CCNC(C1=CCCCCC1)C1(C)CCCCO1. The standard InChI is InChI=1S/C16H29NO/c1-3-17-15(14-10-6-4-5-7-11-14)16(2)12-8-9-13-18-16/h10,15,17H,3-9,11-13H2,1-2H3. The number of likely N-dealkylation sites (N-methyl/N-ethyl adjacent to an activating group) is 1. The molecule has 1 heterocycles. The predicted octanol–water partition coefficient (Wildman–Crippen LogP) is 3.81. The van der Waals surface area contributed by atoms with Gasteiger partial charge in [0.2, 0.25) is 0 Å². The normalized spacial score (nSPS) is 31.6. The van der Waals surface area contributed by atoms with Crippen molar-refractivity contribution in [1.82, 2.24) is 5.32 Å². The van der Waals surface area contributed by atoms with Crippen molar-refractivity contribution in [1.29, 1.82) is 0 Å². The molecule has 0 bridgehead atoms. The highest BCUT2D eigenvalue weighted by atomic mass is 16.5. The molecular weight excluding hydrogens is 222 g/mol. The third kappa shape index (κ3) is 3.36. The molecule has 2 atom stereocenters. The number of ether oxygens (including phenoxy) is 1. The van der Waals surface area contributed by atoms with Crippen LogP contribution in [0.15, 0.2) is 11.6 Å². The molecular formula is C16H29NO. The fourth-order valence-electron chi connectivity index (χ4n) is 3.43. The molecule has 1 aliphatic carbocycles. The van der Waals surface area contributed by atoms with Crippen LogP contribution >= 0.6 is 0 Å². The van der Waals surface area contributed by atoms with Crippen LogP contribution in [0.1, 0.15) is 65.2 Å². The van der Waals surface area contributed by atoms with E-state index in [1.807, 2.05) is 0 Å². The average Bonchev–Trinajstić information content (AvgIpc) is 2.65. The van der Waals surface area contributed by atoms with Gasteiger partial charge in [0.25, 0.3) is 0 Å². The van der Waals surface area contributed by atoms with Crippen LogP contribution in [0.2, 0.25) is 0 Å². The first-order valence-corrected chi connectivity index (χ1v) is 7.82. The second-order valence-electron chi connectivity index (χ2n) is 5.99. The molecule has 1 aliphatic heterocycles. The molecule has 2 rings (SSSR count). The van der Waals surface area contributed by atoms with Crippen LogP contribution in [0.3, 0.4) is 0 Å². The summed E-state index contributed by atoms with van der Waals surface area (Å²) >= 11 is 0. The maximum absolute atomic E-state index is 6.17. The van der Waals surface area contributed by atoms with Gasteiger partial charge in [0.05, 0.1) is 11.6 Å². The number of nitrogens with one attached hydrogen (secondary N) is 1. The van der Waals surface area contributed by atoms with E-state index in [0.717, 1.165) is 13.2 Å². The first-order valence-electron chi connectivity index (χ1n) is 7.82. The summed E-state index contributed by atoms with van der Waals surface area (Å²) in [6.07, 6.45) is 12.8. The maximum atomic E-state index is 6.17. The van der Waals surface area contributed by atoms with Crippen molar-refractivity contribution in [3.05, 3.63) is 11.6 Å². The molecule has 104 valence electrons. The van der Waals surface area contributed by atoms with Crippen LogP contribution in [0.5, 0.6) is 0 Å². The molecule has 0 aromatic rings. The van der Waals surface area contributed by atoms with Crippen molar-refractivity contribution in [2.75, 3.05) is 13.2 Å². The summed E-state index contributed by atoms with van der Waals surface area (Å²) in [6.45, 7) is 6.48. The fourth-order valence-corrected chi connectivity index (χ4v) is 3.43. The van der Waals surface area contributed by atoms with Gasteiger partial charge in [-0.1, -0.05) is 25.0 Å². The Labute approximate surface area is 112 Å². The van der Waals surface area contributed by atoms with E-state index >= 15 is 0 Å². The second-order valence-corrected chi connectivity index (χ2v) is 5.99. The molecule has 2 heteroatoms. The van der Waals surface area contributed by atoms with Gasteiger partial charge in [0.1, 0.15) is 0 Å². The second kappa shape index (κ2) is 6.72. The first kappa shape index (κ1) is 14.1. The van der Waals surface area contributed by atoms with Crippen LogP contribution in [-0.4, -0.2) is 24.8 Å². The van der Waals surface area contributed by atoms with Crippen LogP contribution in [0, 0.1) is 0 Å². The summed E-state index contributed by atoms with van der Waals surface area (Å²) in [6, 6.07) is 0.431. The zero-order valence-electron chi connectivity index (χ0n) is 12.1. The van der Waals surface area contributed by atoms with Crippen molar-refractivity contribution in [3.63, 3.8) is 0 Å².